The number of nitrogens with two attached hydrogens (primary N) is 1. The minimum absolute atomic E-state index is 0.0382. The van der Waals surface area contributed by atoms with E-state index in [1.165, 1.54) is 6.07 Å². The zero-order chi connectivity index (χ0) is 15.3. The van der Waals surface area contributed by atoms with Crippen LogP contribution in [-0.2, 0) is 0 Å². The summed E-state index contributed by atoms with van der Waals surface area (Å²) in [6, 6.07) is 4.83. The summed E-state index contributed by atoms with van der Waals surface area (Å²) < 4.78 is 5.54. The Balaban J connectivity index is 2.24. The highest BCUT2D eigenvalue weighted by molar-refractivity contribution is 5.57. The number of nitrogens with zero attached hydrogens (tertiary/aromatic N) is 1. The molecule has 1 fully saturated rings. The molecule has 0 spiro atoms. The van der Waals surface area contributed by atoms with Crippen molar-refractivity contribution in [3.8, 4) is 5.75 Å². The van der Waals surface area contributed by atoms with Gasteiger partial charge in [-0.1, -0.05) is 19.8 Å². The molecular weight excluding hydrogens is 270 g/mol. The van der Waals surface area contributed by atoms with Crippen LogP contribution in [0.3, 0.4) is 0 Å². The van der Waals surface area contributed by atoms with E-state index in [9.17, 15) is 10.1 Å². The van der Waals surface area contributed by atoms with Gasteiger partial charge in [0.25, 0.3) is 5.69 Å². The highest BCUT2D eigenvalue weighted by Gasteiger charge is 2.32. The Morgan fingerprint density at radius 2 is 2.10 bits per heavy atom. The van der Waals surface area contributed by atoms with E-state index < -0.39 is 4.92 Å². The zero-order valence-corrected chi connectivity index (χ0v) is 12.4. The molecule has 0 heterocycles. The van der Waals surface area contributed by atoms with Gasteiger partial charge < -0.3 is 15.8 Å². The van der Waals surface area contributed by atoms with Crippen LogP contribution in [0.1, 0.15) is 39.0 Å². The van der Waals surface area contributed by atoms with Crippen molar-refractivity contribution in [2.24, 2.45) is 5.73 Å². The molecule has 0 amide bonds. The quantitative estimate of drug-likeness (QED) is 0.595. The molecule has 1 aromatic rings. The number of nitro groups is 1. The number of hydrogen-bond donors (Lipinski definition) is 2. The lowest BCUT2D eigenvalue weighted by molar-refractivity contribution is -0.384. The SMILES string of the molecule is CCCOc1cc(NC2(CN)CCCC2)cc([N+](=O)[O-])c1. The molecule has 116 valence electrons. The Morgan fingerprint density at radius 1 is 1.38 bits per heavy atom. The smallest absolute Gasteiger partial charge is 0.275 e. The number of benzene rings is 1. The normalized spacial score (nSPS) is 16.7. The first-order valence-corrected chi connectivity index (χ1v) is 7.49. The van der Waals surface area contributed by atoms with Crippen LogP contribution in [0.5, 0.6) is 5.75 Å². The lowest BCUT2D eigenvalue weighted by Gasteiger charge is -2.30. The van der Waals surface area contributed by atoms with Crippen molar-refractivity contribution in [3.63, 3.8) is 0 Å². The van der Waals surface area contributed by atoms with Crippen molar-refractivity contribution in [2.75, 3.05) is 18.5 Å². The van der Waals surface area contributed by atoms with E-state index in [0.717, 1.165) is 32.1 Å². The second-order valence-electron chi connectivity index (χ2n) is 5.64. The Kier molecular flexibility index (Phi) is 5.01. The summed E-state index contributed by atoms with van der Waals surface area (Å²) in [4.78, 5) is 10.7. The maximum atomic E-state index is 11.1. The van der Waals surface area contributed by atoms with E-state index in [-0.39, 0.29) is 11.2 Å². The molecule has 1 aliphatic carbocycles. The van der Waals surface area contributed by atoms with Gasteiger partial charge in [-0.3, -0.25) is 10.1 Å². The molecule has 1 saturated carbocycles. The van der Waals surface area contributed by atoms with Crippen molar-refractivity contribution in [3.05, 3.63) is 28.3 Å². The van der Waals surface area contributed by atoms with E-state index in [2.05, 4.69) is 5.32 Å². The van der Waals surface area contributed by atoms with Gasteiger partial charge in [0.2, 0.25) is 0 Å². The largest absolute Gasteiger partial charge is 0.493 e. The molecule has 0 atom stereocenters. The van der Waals surface area contributed by atoms with Gasteiger partial charge in [0.1, 0.15) is 5.75 Å². The molecule has 0 radical (unpaired) electrons. The van der Waals surface area contributed by atoms with Gasteiger partial charge in [0.15, 0.2) is 0 Å². The summed E-state index contributed by atoms with van der Waals surface area (Å²) in [5, 5.41) is 14.5. The Hall–Kier alpha value is -1.82. The maximum absolute atomic E-state index is 11.1. The average Bonchev–Trinajstić information content (AvgIpc) is 2.94. The van der Waals surface area contributed by atoms with Crippen LogP contribution >= 0.6 is 0 Å². The summed E-state index contributed by atoms with van der Waals surface area (Å²) in [6.07, 6.45) is 5.13. The minimum atomic E-state index is -0.395. The Morgan fingerprint density at radius 3 is 2.67 bits per heavy atom. The summed E-state index contributed by atoms with van der Waals surface area (Å²) in [5.74, 6) is 0.527. The number of nitrogens with one attached hydrogen (secondary N) is 1. The Labute approximate surface area is 124 Å². The second kappa shape index (κ2) is 6.76. The van der Waals surface area contributed by atoms with Gasteiger partial charge in [-0.05, 0) is 19.3 Å². The van der Waals surface area contributed by atoms with Crippen LogP contribution < -0.4 is 15.8 Å². The van der Waals surface area contributed by atoms with Crippen molar-refractivity contribution in [2.45, 2.75) is 44.6 Å². The molecule has 1 aromatic carbocycles. The van der Waals surface area contributed by atoms with E-state index in [1.54, 1.807) is 6.07 Å². The summed E-state index contributed by atoms with van der Waals surface area (Å²) in [5.41, 5.74) is 6.51. The summed E-state index contributed by atoms with van der Waals surface area (Å²) in [7, 11) is 0. The van der Waals surface area contributed by atoms with Gasteiger partial charge in [-0.15, -0.1) is 0 Å². The third-order valence-corrected chi connectivity index (χ3v) is 3.94. The fourth-order valence-electron chi connectivity index (χ4n) is 2.80. The molecule has 0 saturated heterocycles. The van der Waals surface area contributed by atoms with Crippen molar-refractivity contribution in [1.29, 1.82) is 0 Å². The third kappa shape index (κ3) is 3.85. The van der Waals surface area contributed by atoms with Crippen molar-refractivity contribution in [1.82, 2.24) is 0 Å². The first-order chi connectivity index (χ1) is 10.1. The van der Waals surface area contributed by atoms with E-state index in [4.69, 9.17) is 10.5 Å². The molecule has 21 heavy (non-hydrogen) atoms. The molecular formula is C15H23N3O3. The Bertz CT molecular complexity index is 499. The number of non-ortho nitro benzene ring substituents is 1. The van der Waals surface area contributed by atoms with Gasteiger partial charge in [-0.25, -0.2) is 0 Å². The van der Waals surface area contributed by atoms with Crippen LogP contribution in [0, 0.1) is 10.1 Å². The number of nitro benzene ring substituents is 1. The monoisotopic (exact) mass is 293 g/mol. The molecule has 1 aliphatic rings. The van der Waals surface area contributed by atoms with Crippen LogP contribution in [0.15, 0.2) is 18.2 Å². The van der Waals surface area contributed by atoms with Crippen LogP contribution in [0.25, 0.3) is 0 Å². The number of anilines is 1. The van der Waals surface area contributed by atoms with Crippen LogP contribution in [-0.4, -0.2) is 23.6 Å². The molecule has 6 nitrogen and oxygen atoms in total. The molecule has 6 heteroatoms. The fourth-order valence-corrected chi connectivity index (χ4v) is 2.80. The molecule has 3 N–H and O–H groups in total. The van der Waals surface area contributed by atoms with Crippen molar-refractivity contribution >= 4 is 11.4 Å². The second-order valence-corrected chi connectivity index (χ2v) is 5.64. The molecule has 0 aliphatic heterocycles. The molecule has 2 rings (SSSR count). The summed E-state index contributed by atoms with van der Waals surface area (Å²) >= 11 is 0. The van der Waals surface area contributed by atoms with Gasteiger partial charge in [0.05, 0.1) is 17.6 Å². The lowest BCUT2D eigenvalue weighted by Crippen LogP contribution is -2.42. The van der Waals surface area contributed by atoms with E-state index in [0.29, 0.717) is 24.6 Å². The van der Waals surface area contributed by atoms with Crippen LogP contribution in [0.4, 0.5) is 11.4 Å². The minimum Gasteiger partial charge on any atom is -0.493 e. The first kappa shape index (κ1) is 15.6. The van der Waals surface area contributed by atoms with Gasteiger partial charge >= 0.3 is 0 Å². The maximum Gasteiger partial charge on any atom is 0.275 e. The van der Waals surface area contributed by atoms with Gasteiger partial charge in [0, 0.05) is 29.9 Å². The van der Waals surface area contributed by atoms with Crippen LogP contribution in [0.2, 0.25) is 0 Å². The third-order valence-electron chi connectivity index (χ3n) is 3.94. The highest BCUT2D eigenvalue weighted by atomic mass is 16.6. The molecule has 0 aromatic heterocycles. The number of ether oxygens (including phenoxy) is 1. The average molecular weight is 293 g/mol. The predicted octanol–water partition coefficient (Wildman–Crippen LogP) is 3.07. The zero-order valence-electron chi connectivity index (χ0n) is 12.4. The molecule has 0 bridgehead atoms. The van der Waals surface area contributed by atoms with E-state index >= 15 is 0 Å². The van der Waals surface area contributed by atoms with Gasteiger partial charge in [-0.2, -0.15) is 0 Å². The number of rotatable bonds is 7. The summed E-state index contributed by atoms with van der Waals surface area (Å²) in [6.45, 7) is 3.07. The fraction of sp³-hybridized carbons (Fsp3) is 0.600. The topological polar surface area (TPSA) is 90.4 Å². The standard InChI is InChI=1S/C15H23N3O3/c1-2-7-21-14-9-12(8-13(10-14)18(19)20)17-15(11-16)5-3-4-6-15/h8-10,17H,2-7,11,16H2,1H3. The first-order valence-electron chi connectivity index (χ1n) is 7.49. The highest BCUT2D eigenvalue weighted by Crippen LogP contribution is 2.34. The number of hydrogen-bond acceptors (Lipinski definition) is 5. The van der Waals surface area contributed by atoms with Crippen molar-refractivity contribution < 1.29 is 9.66 Å². The van der Waals surface area contributed by atoms with E-state index in [1.807, 2.05) is 13.0 Å². The predicted molar refractivity (Wildman–Crippen MR) is 82.8 cm³/mol. The lowest BCUT2D eigenvalue weighted by atomic mass is 9.97. The molecule has 0 unspecified atom stereocenters.